The van der Waals surface area contributed by atoms with Crippen LogP contribution in [0, 0.1) is 11.8 Å². The van der Waals surface area contributed by atoms with Gasteiger partial charge in [0, 0.05) is 30.5 Å². The molecular weight excluding hydrogens is 785 g/mol. The highest BCUT2D eigenvalue weighted by molar-refractivity contribution is 5.92. The van der Waals surface area contributed by atoms with Crippen molar-refractivity contribution >= 4 is 45.8 Å². The number of amides is 4. The first-order valence-electron chi connectivity index (χ1n) is 21.3. The number of aromatic nitrogens is 4. The van der Waals surface area contributed by atoms with E-state index in [2.05, 4.69) is 69.1 Å². The maximum Gasteiger partial charge on any atom is 0.407 e. The second-order valence-electron chi connectivity index (χ2n) is 16.3. The molecule has 9 rings (SSSR count). The van der Waals surface area contributed by atoms with Crippen molar-refractivity contribution in [3.8, 4) is 22.4 Å². The summed E-state index contributed by atoms with van der Waals surface area (Å²) < 4.78 is 9.73. The molecule has 3 aromatic carbocycles. The van der Waals surface area contributed by atoms with Gasteiger partial charge in [0.15, 0.2) is 0 Å². The predicted octanol–water partition coefficient (Wildman–Crippen LogP) is 7.81. The third-order valence-corrected chi connectivity index (χ3v) is 12.5. The van der Waals surface area contributed by atoms with Gasteiger partial charge < -0.3 is 39.9 Å². The van der Waals surface area contributed by atoms with Crippen LogP contribution in [0.25, 0.3) is 44.2 Å². The fourth-order valence-corrected chi connectivity index (χ4v) is 9.29. The highest BCUT2D eigenvalue weighted by Crippen LogP contribution is 2.36. The lowest BCUT2D eigenvalue weighted by molar-refractivity contribution is -0.135. The van der Waals surface area contributed by atoms with E-state index in [9.17, 15) is 19.2 Å². The Morgan fingerprint density at radius 1 is 0.661 bits per heavy atom. The minimum Gasteiger partial charge on any atom is -0.453 e. The second kappa shape index (κ2) is 17.6. The van der Waals surface area contributed by atoms with E-state index in [1.165, 1.54) is 14.2 Å². The molecule has 4 atom stereocenters. The summed E-state index contributed by atoms with van der Waals surface area (Å²) in [7, 11) is 2.60. The Morgan fingerprint density at radius 2 is 1.18 bits per heavy atom. The molecule has 4 N–H and O–H groups in total. The van der Waals surface area contributed by atoms with Crippen LogP contribution in [0.15, 0.2) is 109 Å². The summed E-state index contributed by atoms with van der Waals surface area (Å²) in [5.41, 5.74) is 5.62. The summed E-state index contributed by atoms with van der Waals surface area (Å²) in [6.07, 6.45) is 21.1. The normalized spacial score (nSPS) is 19.9. The number of benzene rings is 3. The molecule has 2 aromatic heterocycles. The molecule has 14 nitrogen and oxygen atoms in total. The third-order valence-electron chi connectivity index (χ3n) is 12.5. The van der Waals surface area contributed by atoms with E-state index in [1.807, 2.05) is 70.7 Å². The van der Waals surface area contributed by atoms with E-state index in [1.54, 1.807) is 0 Å². The van der Waals surface area contributed by atoms with Gasteiger partial charge in [0.25, 0.3) is 0 Å². The summed E-state index contributed by atoms with van der Waals surface area (Å²) in [5, 5.41) is 7.70. The number of nitrogens with one attached hydrogen (secondary N) is 4. The average Bonchev–Trinajstić information content (AvgIpc) is 4.16. The number of carbonyl (C=O) groups excluding carboxylic acids is 4. The lowest BCUT2D eigenvalue weighted by atomic mass is 9.93. The summed E-state index contributed by atoms with van der Waals surface area (Å²) >= 11 is 0. The first kappa shape index (κ1) is 40.4. The Hall–Kier alpha value is -6.96. The molecule has 4 amide bonds. The molecule has 0 bridgehead atoms. The van der Waals surface area contributed by atoms with Crippen molar-refractivity contribution in [3.63, 3.8) is 0 Å². The van der Waals surface area contributed by atoms with E-state index in [0.29, 0.717) is 18.9 Å². The number of alkyl carbamates (subject to hydrolysis) is 2. The monoisotopic (exact) mass is 834 g/mol. The predicted molar refractivity (Wildman–Crippen MR) is 235 cm³/mol. The average molecular weight is 835 g/mol. The zero-order chi connectivity index (χ0) is 42.7. The molecule has 2 saturated heterocycles. The Bertz CT molecular complexity index is 2620. The number of imidazole rings is 2. The number of nitrogens with zero attached hydrogens (tertiary/aromatic N) is 4. The Morgan fingerprint density at radius 3 is 1.76 bits per heavy atom. The minimum atomic E-state index is -0.785. The quantitative estimate of drug-likeness (QED) is 0.103. The van der Waals surface area contributed by atoms with Gasteiger partial charge in [0.05, 0.1) is 49.2 Å². The van der Waals surface area contributed by atoms with E-state index in [-0.39, 0.29) is 35.7 Å². The maximum atomic E-state index is 14.0. The van der Waals surface area contributed by atoms with Gasteiger partial charge in [-0.3, -0.25) is 9.59 Å². The van der Waals surface area contributed by atoms with Gasteiger partial charge in [-0.15, -0.1) is 0 Å². The number of likely N-dealkylation sites (tertiary alicyclic amines) is 2. The molecule has 62 heavy (non-hydrogen) atoms. The molecule has 318 valence electrons. The zero-order valence-corrected chi connectivity index (χ0v) is 34.8. The fraction of sp³-hybridized carbons (Fsp3) is 0.333. The van der Waals surface area contributed by atoms with Crippen LogP contribution >= 0.6 is 0 Å². The second-order valence-corrected chi connectivity index (χ2v) is 16.3. The summed E-state index contributed by atoms with van der Waals surface area (Å²) in [6.45, 7) is 1.14. The number of hydrogen-bond acceptors (Lipinski definition) is 8. The van der Waals surface area contributed by atoms with Crippen molar-refractivity contribution in [1.82, 2.24) is 40.4 Å². The van der Waals surface area contributed by atoms with Gasteiger partial charge in [-0.05, 0) is 84.7 Å². The summed E-state index contributed by atoms with van der Waals surface area (Å²) in [4.78, 5) is 73.0. The Balaban J connectivity index is 0.908. The SMILES string of the molecule is COC(=O)NC(C(=O)N1CCCC1c1ncc(-c2ccc3cc(-c4ccc5nc(C6CCCN6C(=O)C(NC(=O)OC)C6C=CCC=C6)[nH]c5c4)ccc3c2)[nH]1)C1C=CCC=C1. The first-order chi connectivity index (χ1) is 30.3. The van der Waals surface area contributed by atoms with Gasteiger partial charge in [-0.2, -0.15) is 0 Å². The van der Waals surface area contributed by atoms with Crippen molar-refractivity contribution in [2.75, 3.05) is 27.3 Å². The van der Waals surface area contributed by atoms with E-state index in [0.717, 1.165) is 88.5 Å². The highest BCUT2D eigenvalue weighted by Gasteiger charge is 2.40. The van der Waals surface area contributed by atoms with Crippen molar-refractivity contribution in [2.45, 2.75) is 62.7 Å². The van der Waals surface area contributed by atoms with Crippen LogP contribution in [-0.2, 0) is 19.1 Å². The number of H-pyrrole nitrogens is 2. The number of fused-ring (bicyclic) bond motifs is 2. The largest absolute Gasteiger partial charge is 0.453 e. The van der Waals surface area contributed by atoms with Crippen molar-refractivity contribution in [2.24, 2.45) is 11.8 Å². The van der Waals surface area contributed by atoms with Crippen molar-refractivity contribution in [1.29, 1.82) is 0 Å². The van der Waals surface area contributed by atoms with Gasteiger partial charge in [-0.25, -0.2) is 19.6 Å². The van der Waals surface area contributed by atoms with Crippen LogP contribution in [0.3, 0.4) is 0 Å². The van der Waals surface area contributed by atoms with Crippen LogP contribution in [0.2, 0.25) is 0 Å². The smallest absolute Gasteiger partial charge is 0.407 e. The number of methoxy groups -OCH3 is 2. The van der Waals surface area contributed by atoms with Crippen molar-refractivity contribution < 1.29 is 28.7 Å². The van der Waals surface area contributed by atoms with Gasteiger partial charge in [-0.1, -0.05) is 78.9 Å². The standard InChI is InChI=1S/C48H50N8O6/c1-61-47(59)53-41(29-11-5-3-6-12-29)45(57)55-23-9-15-39(55)43-49-28-38(52-43)35-20-19-31-25-32(17-18-33(31)26-35)34-21-22-36-37(27-34)51-44(50-36)40-16-10-24-56(40)46(58)42(54-48(60)62-2)30-13-7-4-8-14-30/h5-8,11-14,17-22,25-30,39-42H,3-4,9-10,15-16,23-24H2,1-2H3,(H,49,52)(H,50,51)(H,53,59)(H,54,60). The van der Waals surface area contributed by atoms with E-state index in [4.69, 9.17) is 19.4 Å². The van der Waals surface area contributed by atoms with Gasteiger partial charge in [0.1, 0.15) is 23.7 Å². The molecular formula is C48H50N8O6. The molecule has 2 fully saturated rings. The van der Waals surface area contributed by atoms with Crippen LogP contribution in [0.1, 0.15) is 62.3 Å². The summed E-state index contributed by atoms with van der Waals surface area (Å²) in [5.74, 6) is 0.577. The Labute approximate surface area is 359 Å². The van der Waals surface area contributed by atoms with Gasteiger partial charge >= 0.3 is 12.2 Å². The molecule has 4 unspecified atom stereocenters. The lowest BCUT2D eigenvalue weighted by Crippen LogP contribution is -2.51. The van der Waals surface area contributed by atoms with Crippen molar-refractivity contribution in [3.05, 3.63) is 121 Å². The molecule has 2 aliphatic carbocycles. The lowest BCUT2D eigenvalue weighted by Gasteiger charge is -2.31. The molecule has 0 saturated carbocycles. The number of aromatic amines is 2. The van der Waals surface area contributed by atoms with Crippen LogP contribution in [0.4, 0.5) is 9.59 Å². The molecule has 14 heteroatoms. The molecule has 2 aliphatic heterocycles. The molecule has 4 aliphatic rings. The molecule has 0 spiro atoms. The van der Waals surface area contributed by atoms with Crippen LogP contribution in [-0.4, -0.2) is 93.1 Å². The van der Waals surface area contributed by atoms with Crippen LogP contribution in [0.5, 0.6) is 0 Å². The minimum absolute atomic E-state index is 0.162. The van der Waals surface area contributed by atoms with Gasteiger partial charge in [0.2, 0.25) is 11.8 Å². The zero-order valence-electron chi connectivity index (χ0n) is 34.8. The summed E-state index contributed by atoms with van der Waals surface area (Å²) in [6, 6.07) is 16.8. The van der Waals surface area contributed by atoms with E-state index >= 15 is 0 Å². The number of hydrogen-bond donors (Lipinski definition) is 4. The number of carbonyl (C=O) groups is 4. The molecule has 4 heterocycles. The molecule has 5 aromatic rings. The van der Waals surface area contributed by atoms with E-state index < -0.39 is 24.3 Å². The first-order valence-corrected chi connectivity index (χ1v) is 21.3. The Kier molecular flexibility index (Phi) is 11.5. The fourth-order valence-electron chi connectivity index (χ4n) is 9.29. The maximum absolute atomic E-state index is 14.0. The highest BCUT2D eigenvalue weighted by atomic mass is 16.5. The third kappa shape index (κ3) is 8.12. The number of rotatable bonds is 10. The number of ether oxygens (including phenoxy) is 2. The topological polar surface area (TPSA) is 175 Å². The molecule has 0 radical (unpaired) electrons. The van der Waals surface area contributed by atoms with Crippen LogP contribution < -0.4 is 10.6 Å². The number of allylic oxidation sites excluding steroid dienone is 4.